The van der Waals surface area contributed by atoms with E-state index in [9.17, 15) is 23.1 Å². The van der Waals surface area contributed by atoms with Crippen LogP contribution >= 0.6 is 0 Å². The van der Waals surface area contributed by atoms with Gasteiger partial charge in [-0.3, -0.25) is 4.79 Å². The van der Waals surface area contributed by atoms with E-state index in [4.69, 9.17) is 4.74 Å². The number of benzene rings is 1. The average Bonchev–Trinajstić information content (AvgIpc) is 2.92. The van der Waals surface area contributed by atoms with Crippen molar-refractivity contribution >= 4 is 16.9 Å². The molecule has 1 atom stereocenters. The molecule has 1 aromatic carbocycles. The molecule has 1 aromatic heterocycles. The molecule has 1 aliphatic heterocycles. The molecule has 0 bridgehead atoms. The van der Waals surface area contributed by atoms with E-state index in [2.05, 4.69) is 4.98 Å². The van der Waals surface area contributed by atoms with E-state index in [1.807, 2.05) is 6.92 Å². The van der Waals surface area contributed by atoms with Crippen molar-refractivity contribution in [1.82, 2.24) is 4.98 Å². The van der Waals surface area contributed by atoms with Gasteiger partial charge in [-0.05, 0) is 24.5 Å². The third kappa shape index (κ3) is 3.13. The van der Waals surface area contributed by atoms with Gasteiger partial charge in [-0.15, -0.1) is 0 Å². The van der Waals surface area contributed by atoms with E-state index in [-0.39, 0.29) is 11.9 Å². The summed E-state index contributed by atoms with van der Waals surface area (Å²) in [5.41, 5.74) is -0.598. The zero-order chi connectivity index (χ0) is 18.2. The molecule has 1 unspecified atom stereocenters. The van der Waals surface area contributed by atoms with Crippen LogP contribution in [0.15, 0.2) is 18.2 Å². The molecule has 0 radical (unpaired) electrons. The largest absolute Gasteiger partial charge is 0.481 e. The molecule has 1 aliphatic rings. The van der Waals surface area contributed by atoms with Crippen LogP contribution in [0.25, 0.3) is 10.9 Å². The zero-order valence-electron chi connectivity index (χ0n) is 13.9. The predicted molar refractivity (Wildman–Crippen MR) is 86.4 cm³/mol. The van der Waals surface area contributed by atoms with Gasteiger partial charge in [0, 0.05) is 5.39 Å². The monoisotopic (exact) mass is 355 g/mol. The van der Waals surface area contributed by atoms with Gasteiger partial charge in [0.2, 0.25) is 0 Å². The molecule has 2 heterocycles. The number of H-pyrrole nitrogens is 1. The van der Waals surface area contributed by atoms with Crippen LogP contribution in [0.2, 0.25) is 0 Å². The first-order valence-corrected chi connectivity index (χ1v) is 8.35. The number of rotatable bonds is 5. The highest BCUT2D eigenvalue weighted by molar-refractivity contribution is 5.88. The van der Waals surface area contributed by atoms with E-state index < -0.39 is 23.3 Å². The molecule has 2 N–H and O–H groups in total. The maximum absolute atomic E-state index is 13.3. The number of para-hydroxylation sites is 1. The van der Waals surface area contributed by atoms with E-state index in [1.165, 1.54) is 6.07 Å². The summed E-state index contributed by atoms with van der Waals surface area (Å²) in [7, 11) is 0. The number of alkyl halides is 3. The van der Waals surface area contributed by atoms with Crippen LogP contribution in [0.4, 0.5) is 13.2 Å². The van der Waals surface area contributed by atoms with Gasteiger partial charge < -0.3 is 14.8 Å². The number of carbonyl (C=O) groups is 1. The number of nitrogens with one attached hydrogen (secondary N) is 1. The van der Waals surface area contributed by atoms with Crippen molar-refractivity contribution in [2.24, 2.45) is 0 Å². The summed E-state index contributed by atoms with van der Waals surface area (Å²) >= 11 is 0. The Morgan fingerprint density at radius 3 is 2.80 bits per heavy atom. The average molecular weight is 355 g/mol. The maximum Gasteiger partial charge on any atom is 0.418 e. The van der Waals surface area contributed by atoms with E-state index in [0.29, 0.717) is 30.5 Å². The fraction of sp³-hybridized carbons (Fsp3) is 0.500. The minimum absolute atomic E-state index is 0.0109. The number of halogens is 3. The Morgan fingerprint density at radius 2 is 2.16 bits per heavy atom. The number of unbranched alkanes of at least 4 members (excludes halogenated alkanes) is 1. The summed E-state index contributed by atoms with van der Waals surface area (Å²) in [4.78, 5) is 14.3. The molecular formula is C18H20F3NO3. The number of hydrogen-bond acceptors (Lipinski definition) is 2. The lowest BCUT2D eigenvalue weighted by atomic mass is 9.84. The van der Waals surface area contributed by atoms with E-state index in [0.717, 1.165) is 24.5 Å². The number of aromatic nitrogens is 1. The fourth-order valence-corrected chi connectivity index (χ4v) is 3.71. The summed E-state index contributed by atoms with van der Waals surface area (Å²) in [6.45, 7) is 2.28. The number of aromatic amines is 1. The standard InChI is InChI=1S/C18H20F3NO3/c1-2-3-8-17(10-14(23)24)16-12(7-9-25-17)11-5-4-6-13(15(11)22-16)18(19,20)21/h4-6,22H,2-3,7-10H2,1H3,(H,23,24). The van der Waals surface area contributed by atoms with Crippen LogP contribution in [-0.2, 0) is 27.7 Å². The first-order chi connectivity index (χ1) is 11.8. The number of carboxylic acid groups (broad SMARTS) is 1. The van der Waals surface area contributed by atoms with Crippen molar-refractivity contribution < 1.29 is 27.8 Å². The SMILES string of the molecule is CCCCC1(CC(=O)O)OCCc2c1[nH]c1c(C(F)(F)F)cccc21. The maximum atomic E-state index is 13.3. The zero-order valence-corrected chi connectivity index (χ0v) is 13.9. The molecule has 4 nitrogen and oxygen atoms in total. The second kappa shape index (κ2) is 6.37. The Bertz CT molecular complexity index is 797. The van der Waals surface area contributed by atoms with Gasteiger partial charge in [-0.1, -0.05) is 31.9 Å². The Hall–Kier alpha value is -2.02. The molecule has 136 valence electrons. The van der Waals surface area contributed by atoms with Crippen LogP contribution in [0.5, 0.6) is 0 Å². The van der Waals surface area contributed by atoms with Gasteiger partial charge in [0.05, 0.1) is 29.8 Å². The van der Waals surface area contributed by atoms with Gasteiger partial charge in [-0.25, -0.2) is 0 Å². The molecule has 7 heteroatoms. The van der Waals surface area contributed by atoms with E-state index in [1.54, 1.807) is 6.07 Å². The first-order valence-electron chi connectivity index (χ1n) is 8.35. The van der Waals surface area contributed by atoms with Crippen LogP contribution in [0, 0.1) is 0 Å². The summed E-state index contributed by atoms with van der Waals surface area (Å²) in [6.07, 6.45) is -2.26. The number of ether oxygens (including phenoxy) is 1. The normalized spacial score (nSPS) is 20.6. The molecular weight excluding hydrogens is 335 g/mol. The molecule has 3 rings (SSSR count). The molecule has 0 spiro atoms. The molecule has 25 heavy (non-hydrogen) atoms. The highest BCUT2D eigenvalue weighted by Crippen LogP contribution is 2.44. The fourth-order valence-electron chi connectivity index (χ4n) is 3.71. The van der Waals surface area contributed by atoms with Gasteiger partial charge in [0.25, 0.3) is 0 Å². The highest BCUT2D eigenvalue weighted by atomic mass is 19.4. The van der Waals surface area contributed by atoms with E-state index >= 15 is 0 Å². The number of carboxylic acids is 1. The summed E-state index contributed by atoms with van der Waals surface area (Å²) in [5, 5.41) is 9.84. The third-order valence-electron chi connectivity index (χ3n) is 4.80. The van der Waals surface area contributed by atoms with Crippen molar-refractivity contribution in [2.75, 3.05) is 6.61 Å². The van der Waals surface area contributed by atoms with Crippen molar-refractivity contribution in [3.8, 4) is 0 Å². The van der Waals surface area contributed by atoms with Gasteiger partial charge in [0.1, 0.15) is 5.60 Å². The molecule has 0 amide bonds. The lowest BCUT2D eigenvalue weighted by Crippen LogP contribution is -2.38. The molecule has 0 saturated carbocycles. The Labute approximate surface area is 143 Å². The smallest absolute Gasteiger partial charge is 0.418 e. The quantitative estimate of drug-likeness (QED) is 0.823. The number of aliphatic carboxylic acids is 1. The summed E-state index contributed by atoms with van der Waals surface area (Å²) in [5.74, 6) is -1.03. The molecule has 0 fully saturated rings. The summed E-state index contributed by atoms with van der Waals surface area (Å²) in [6, 6.07) is 4.08. The Balaban J connectivity index is 2.22. The van der Waals surface area contributed by atoms with Crippen molar-refractivity contribution in [2.45, 2.75) is 50.8 Å². The lowest BCUT2D eigenvalue weighted by molar-refractivity contribution is -0.149. The highest BCUT2D eigenvalue weighted by Gasteiger charge is 2.43. The molecule has 2 aromatic rings. The van der Waals surface area contributed by atoms with Crippen LogP contribution < -0.4 is 0 Å². The van der Waals surface area contributed by atoms with Crippen molar-refractivity contribution in [3.63, 3.8) is 0 Å². The minimum atomic E-state index is -4.48. The second-order valence-corrected chi connectivity index (χ2v) is 6.47. The van der Waals surface area contributed by atoms with Crippen LogP contribution in [0.1, 0.15) is 49.4 Å². The van der Waals surface area contributed by atoms with Gasteiger partial charge >= 0.3 is 12.1 Å². The first kappa shape index (κ1) is 17.8. The third-order valence-corrected chi connectivity index (χ3v) is 4.80. The Kier molecular flexibility index (Phi) is 4.53. The Morgan fingerprint density at radius 1 is 1.40 bits per heavy atom. The van der Waals surface area contributed by atoms with Crippen molar-refractivity contribution in [3.05, 3.63) is 35.0 Å². The number of fused-ring (bicyclic) bond motifs is 3. The number of hydrogen-bond donors (Lipinski definition) is 2. The van der Waals surface area contributed by atoms with Crippen LogP contribution in [-0.4, -0.2) is 22.7 Å². The summed E-state index contributed by atoms with van der Waals surface area (Å²) < 4.78 is 45.9. The molecule has 0 saturated heterocycles. The van der Waals surface area contributed by atoms with Gasteiger partial charge in [0.15, 0.2) is 0 Å². The lowest BCUT2D eigenvalue weighted by Gasteiger charge is -2.36. The predicted octanol–water partition coefficient (Wildman–Crippen LogP) is 4.62. The molecule has 0 aliphatic carbocycles. The van der Waals surface area contributed by atoms with Gasteiger partial charge in [-0.2, -0.15) is 13.2 Å². The van der Waals surface area contributed by atoms with Crippen molar-refractivity contribution in [1.29, 1.82) is 0 Å². The second-order valence-electron chi connectivity index (χ2n) is 6.47. The van der Waals surface area contributed by atoms with Crippen LogP contribution in [0.3, 0.4) is 0 Å². The topological polar surface area (TPSA) is 62.3 Å². The minimum Gasteiger partial charge on any atom is -0.481 e.